The fraction of sp³-hybridized carbons (Fsp3) is 0.250. The number of hydrogen-bond acceptors (Lipinski definition) is 5. The highest BCUT2D eigenvalue weighted by Crippen LogP contribution is 2.26. The fourth-order valence-electron chi connectivity index (χ4n) is 2.32. The van der Waals surface area contributed by atoms with Crippen LogP contribution in [0.4, 0.5) is 18.9 Å². The topological polar surface area (TPSA) is 106 Å². The quantitative estimate of drug-likeness (QED) is 0.770. The van der Waals surface area contributed by atoms with Crippen LogP contribution < -0.4 is 10.1 Å². The minimum atomic E-state index is -4.52. The van der Waals surface area contributed by atoms with Crippen LogP contribution in [0.3, 0.4) is 0 Å². The number of rotatable bonds is 6. The van der Waals surface area contributed by atoms with Crippen molar-refractivity contribution in [3.8, 4) is 17.9 Å². The van der Waals surface area contributed by atoms with Crippen molar-refractivity contribution in [1.82, 2.24) is 0 Å². The zero-order valence-electron chi connectivity index (χ0n) is 15.2. The molecule has 0 saturated heterocycles. The van der Waals surface area contributed by atoms with Gasteiger partial charge in [-0.1, -0.05) is 0 Å². The maximum atomic E-state index is 12.7. The van der Waals surface area contributed by atoms with E-state index in [1.807, 2.05) is 6.07 Å². The van der Waals surface area contributed by atoms with Gasteiger partial charge in [0.15, 0.2) is 5.60 Å². The van der Waals surface area contributed by atoms with Crippen LogP contribution in [0, 0.1) is 22.7 Å². The van der Waals surface area contributed by atoms with Gasteiger partial charge in [0.2, 0.25) is 0 Å². The van der Waals surface area contributed by atoms with Crippen LogP contribution in [0.1, 0.15) is 23.6 Å². The molecule has 0 aliphatic rings. The van der Waals surface area contributed by atoms with Crippen LogP contribution in [0.15, 0.2) is 42.5 Å². The molecule has 1 atom stereocenters. The van der Waals surface area contributed by atoms with Crippen LogP contribution in [0.2, 0.25) is 0 Å². The molecule has 1 unspecified atom stereocenters. The van der Waals surface area contributed by atoms with Gasteiger partial charge >= 0.3 is 6.18 Å². The lowest BCUT2D eigenvalue weighted by atomic mass is 10.0. The van der Waals surface area contributed by atoms with E-state index in [1.165, 1.54) is 43.3 Å². The van der Waals surface area contributed by atoms with E-state index in [0.717, 1.165) is 6.07 Å². The van der Waals surface area contributed by atoms with E-state index < -0.39 is 30.7 Å². The summed E-state index contributed by atoms with van der Waals surface area (Å²) < 4.78 is 43.4. The van der Waals surface area contributed by atoms with Crippen LogP contribution in [0.5, 0.6) is 5.75 Å². The van der Waals surface area contributed by atoms with E-state index >= 15 is 0 Å². The van der Waals surface area contributed by atoms with Gasteiger partial charge in [0, 0.05) is 5.69 Å². The molecule has 0 bridgehead atoms. The SMILES string of the molecule is CC(O)(COc1ccc(C#N)cc1)C(=O)Nc1ccc(C#N)c(CC(F)(F)F)c1. The number of carbonyl (C=O) groups is 1. The molecule has 2 N–H and O–H groups in total. The average molecular weight is 403 g/mol. The lowest BCUT2D eigenvalue weighted by Gasteiger charge is -2.23. The Bertz CT molecular complexity index is 972. The summed E-state index contributed by atoms with van der Waals surface area (Å²) in [5.41, 5.74) is -2.02. The number of carbonyl (C=O) groups excluding carboxylic acids is 1. The number of benzene rings is 2. The Hall–Kier alpha value is -3.56. The van der Waals surface area contributed by atoms with Crippen molar-refractivity contribution < 1.29 is 27.8 Å². The third-order valence-electron chi connectivity index (χ3n) is 3.87. The van der Waals surface area contributed by atoms with Gasteiger partial charge in [-0.2, -0.15) is 23.7 Å². The van der Waals surface area contributed by atoms with Gasteiger partial charge in [-0.3, -0.25) is 4.79 Å². The predicted octanol–water partition coefficient (Wildman–Crippen LogP) is 3.30. The zero-order valence-corrected chi connectivity index (χ0v) is 15.2. The molecule has 2 aromatic rings. The number of amides is 1. The van der Waals surface area contributed by atoms with E-state index in [4.69, 9.17) is 15.3 Å². The molecule has 1 amide bonds. The van der Waals surface area contributed by atoms with Gasteiger partial charge in [-0.15, -0.1) is 0 Å². The van der Waals surface area contributed by atoms with Gasteiger partial charge in [0.25, 0.3) is 5.91 Å². The van der Waals surface area contributed by atoms with Crippen molar-refractivity contribution >= 4 is 11.6 Å². The second kappa shape index (κ2) is 8.63. The maximum Gasteiger partial charge on any atom is 0.393 e. The summed E-state index contributed by atoms with van der Waals surface area (Å²) in [5, 5.41) is 30.4. The first-order chi connectivity index (χ1) is 13.5. The summed E-state index contributed by atoms with van der Waals surface area (Å²) in [6.07, 6.45) is -5.84. The molecule has 6 nitrogen and oxygen atoms in total. The Balaban J connectivity index is 2.08. The largest absolute Gasteiger partial charge is 0.490 e. The van der Waals surface area contributed by atoms with E-state index in [9.17, 15) is 23.1 Å². The van der Waals surface area contributed by atoms with Crippen molar-refractivity contribution in [2.75, 3.05) is 11.9 Å². The summed E-state index contributed by atoms with van der Waals surface area (Å²) in [6.45, 7) is 0.753. The van der Waals surface area contributed by atoms with Gasteiger partial charge in [-0.05, 0) is 55.0 Å². The minimum Gasteiger partial charge on any atom is -0.490 e. The molecule has 150 valence electrons. The third-order valence-corrected chi connectivity index (χ3v) is 3.87. The van der Waals surface area contributed by atoms with Gasteiger partial charge in [0.05, 0.1) is 29.7 Å². The zero-order chi connectivity index (χ0) is 21.7. The number of halogens is 3. The number of alkyl halides is 3. The number of nitrogens with zero attached hydrogens (tertiary/aromatic N) is 2. The Kier molecular flexibility index (Phi) is 6.47. The van der Waals surface area contributed by atoms with E-state index in [2.05, 4.69) is 5.32 Å². The standard InChI is InChI=1S/C20H16F3N3O3/c1-19(28,12-29-17-6-2-13(10-24)3-7-17)18(27)26-16-5-4-14(11-25)15(8-16)9-20(21,22)23/h2-8,28H,9,12H2,1H3,(H,26,27). The first-order valence-electron chi connectivity index (χ1n) is 8.30. The monoisotopic (exact) mass is 403 g/mol. The van der Waals surface area contributed by atoms with Crippen molar-refractivity contribution in [2.45, 2.75) is 25.1 Å². The third kappa shape index (κ3) is 6.23. The number of hydrogen-bond donors (Lipinski definition) is 2. The second-order valence-corrected chi connectivity index (χ2v) is 6.43. The molecule has 2 rings (SSSR count). The normalized spacial score (nSPS) is 12.9. The molecule has 2 aromatic carbocycles. The van der Waals surface area contributed by atoms with E-state index in [0.29, 0.717) is 11.3 Å². The summed E-state index contributed by atoms with van der Waals surface area (Å²) >= 11 is 0. The average Bonchev–Trinajstić information content (AvgIpc) is 2.66. The van der Waals surface area contributed by atoms with Gasteiger partial charge < -0.3 is 15.2 Å². The van der Waals surface area contributed by atoms with Crippen molar-refractivity contribution in [2.24, 2.45) is 0 Å². The lowest BCUT2D eigenvalue weighted by molar-refractivity contribution is -0.135. The highest BCUT2D eigenvalue weighted by Gasteiger charge is 2.32. The van der Waals surface area contributed by atoms with Gasteiger partial charge in [0.1, 0.15) is 12.4 Å². The molecule has 0 saturated carbocycles. The number of ether oxygens (including phenoxy) is 1. The molecule has 9 heteroatoms. The molecule has 0 fully saturated rings. The Morgan fingerprint density at radius 1 is 1.14 bits per heavy atom. The fourth-order valence-corrected chi connectivity index (χ4v) is 2.32. The number of nitrogens with one attached hydrogen (secondary N) is 1. The highest BCUT2D eigenvalue weighted by atomic mass is 19.4. The van der Waals surface area contributed by atoms with Crippen molar-refractivity contribution in [3.63, 3.8) is 0 Å². The van der Waals surface area contributed by atoms with Crippen molar-refractivity contribution in [1.29, 1.82) is 10.5 Å². The molecule has 0 aliphatic heterocycles. The molecule has 0 aromatic heterocycles. The first-order valence-corrected chi connectivity index (χ1v) is 8.30. The molecule has 0 heterocycles. The number of anilines is 1. The maximum absolute atomic E-state index is 12.7. The Morgan fingerprint density at radius 2 is 1.79 bits per heavy atom. The van der Waals surface area contributed by atoms with Crippen LogP contribution in [0.25, 0.3) is 0 Å². The van der Waals surface area contributed by atoms with Gasteiger partial charge in [-0.25, -0.2) is 0 Å². The van der Waals surface area contributed by atoms with Crippen LogP contribution in [-0.4, -0.2) is 29.4 Å². The highest BCUT2D eigenvalue weighted by molar-refractivity contribution is 5.97. The predicted molar refractivity (Wildman–Crippen MR) is 96.8 cm³/mol. The lowest BCUT2D eigenvalue weighted by Crippen LogP contribution is -2.45. The summed E-state index contributed by atoms with van der Waals surface area (Å²) in [4.78, 5) is 12.3. The summed E-state index contributed by atoms with van der Waals surface area (Å²) in [7, 11) is 0. The molecule has 29 heavy (non-hydrogen) atoms. The molecular formula is C20H16F3N3O3. The molecule has 0 aliphatic carbocycles. The first kappa shape index (κ1) is 21.7. The van der Waals surface area contributed by atoms with Crippen molar-refractivity contribution in [3.05, 3.63) is 59.2 Å². The van der Waals surface area contributed by atoms with E-state index in [-0.39, 0.29) is 16.8 Å². The van der Waals surface area contributed by atoms with Crippen LogP contribution in [-0.2, 0) is 11.2 Å². The molecule has 0 radical (unpaired) electrons. The van der Waals surface area contributed by atoms with E-state index in [1.54, 1.807) is 6.07 Å². The summed E-state index contributed by atoms with van der Waals surface area (Å²) in [6, 6.07) is 13.1. The Morgan fingerprint density at radius 3 is 2.34 bits per heavy atom. The Labute approximate surface area is 164 Å². The molecular weight excluding hydrogens is 387 g/mol. The number of aliphatic hydroxyl groups is 1. The molecule has 0 spiro atoms. The minimum absolute atomic E-state index is 0.00639. The second-order valence-electron chi connectivity index (χ2n) is 6.43. The van der Waals surface area contributed by atoms with Crippen LogP contribution >= 0.6 is 0 Å². The number of nitriles is 2. The smallest absolute Gasteiger partial charge is 0.393 e. The summed E-state index contributed by atoms with van der Waals surface area (Å²) in [5.74, 6) is -0.572.